The Hall–Kier alpha value is -2.92. The molecule has 2 aliphatic rings. The van der Waals surface area contributed by atoms with Crippen LogP contribution in [-0.2, 0) is 9.53 Å². The van der Waals surface area contributed by atoms with E-state index < -0.39 is 11.6 Å². The average Bonchev–Trinajstić information content (AvgIpc) is 2.78. The summed E-state index contributed by atoms with van der Waals surface area (Å²) in [5.41, 5.74) is 2.26. The molecule has 0 bridgehead atoms. The molecule has 30 heavy (non-hydrogen) atoms. The second-order valence-electron chi connectivity index (χ2n) is 8.12. The molecular weight excluding hydrogens is 378 g/mol. The number of methoxy groups -OCH3 is 1. The lowest BCUT2D eigenvalue weighted by molar-refractivity contribution is -0.134. The normalized spacial score (nSPS) is 19.3. The Balaban J connectivity index is 1.45. The van der Waals surface area contributed by atoms with E-state index in [1.807, 2.05) is 18.2 Å². The quantitative estimate of drug-likeness (QED) is 0.556. The van der Waals surface area contributed by atoms with Gasteiger partial charge in [-0.1, -0.05) is 36.4 Å². The highest BCUT2D eigenvalue weighted by atomic mass is 16.5. The molecule has 2 heterocycles. The van der Waals surface area contributed by atoms with E-state index in [0.29, 0.717) is 23.8 Å². The van der Waals surface area contributed by atoms with Gasteiger partial charge in [0.15, 0.2) is 5.78 Å². The zero-order chi connectivity index (χ0) is 21.1. The maximum atomic E-state index is 12.9. The first-order valence-electron chi connectivity index (χ1n) is 10.4. The highest BCUT2D eigenvalue weighted by Gasteiger charge is 2.43. The van der Waals surface area contributed by atoms with Gasteiger partial charge >= 0.3 is 5.97 Å². The van der Waals surface area contributed by atoms with Crippen molar-refractivity contribution in [2.75, 3.05) is 20.2 Å². The Morgan fingerprint density at radius 2 is 1.90 bits per heavy atom. The fourth-order valence-electron chi connectivity index (χ4n) is 4.39. The predicted octanol–water partition coefficient (Wildman–Crippen LogP) is 4.43. The number of rotatable bonds is 4. The first-order valence-corrected chi connectivity index (χ1v) is 10.4. The molecule has 0 aliphatic carbocycles. The van der Waals surface area contributed by atoms with Gasteiger partial charge in [0, 0.05) is 38.0 Å². The van der Waals surface area contributed by atoms with E-state index in [-0.39, 0.29) is 5.78 Å². The molecule has 156 valence electrons. The molecule has 0 amide bonds. The minimum atomic E-state index is -0.425. The van der Waals surface area contributed by atoms with Gasteiger partial charge in [-0.05, 0) is 36.3 Å². The highest BCUT2D eigenvalue weighted by Crippen LogP contribution is 2.41. The van der Waals surface area contributed by atoms with Crippen LogP contribution in [0.3, 0.4) is 0 Å². The van der Waals surface area contributed by atoms with Crippen molar-refractivity contribution in [2.45, 2.75) is 37.8 Å². The number of Topliss-reactive ketones (excluding diaryl/α,β-unsaturated/α-hetero) is 1. The summed E-state index contributed by atoms with van der Waals surface area (Å²) in [4.78, 5) is 26.7. The summed E-state index contributed by atoms with van der Waals surface area (Å²) in [5.74, 6) is 0.325. The first kappa shape index (κ1) is 20.4. The molecule has 5 nitrogen and oxygen atoms in total. The van der Waals surface area contributed by atoms with Crippen molar-refractivity contribution < 1.29 is 19.1 Å². The largest absolute Gasteiger partial charge is 0.486 e. The van der Waals surface area contributed by atoms with Gasteiger partial charge in [0.05, 0.1) is 19.1 Å². The molecular formula is C25H27NO4. The van der Waals surface area contributed by atoms with E-state index in [4.69, 9.17) is 4.74 Å². The molecule has 0 radical (unpaired) electrons. The standard InChI is InChI=1S/C25H27NO4/c1-18(20-6-4-3-5-7-20)26-14-12-25(13-15-26)17-22(27)21-16-19(8-10-23(21)30-25)9-11-24(28)29-2/h3-11,16,18H,12-15,17H2,1-2H3. The van der Waals surface area contributed by atoms with Crippen molar-refractivity contribution in [1.82, 2.24) is 4.90 Å². The molecule has 1 atom stereocenters. The Morgan fingerprint density at radius 3 is 2.60 bits per heavy atom. The summed E-state index contributed by atoms with van der Waals surface area (Å²) in [5, 5.41) is 0. The Kier molecular flexibility index (Phi) is 5.73. The van der Waals surface area contributed by atoms with Crippen molar-refractivity contribution in [3.05, 3.63) is 71.3 Å². The molecule has 0 aromatic heterocycles. The number of esters is 1. The van der Waals surface area contributed by atoms with Gasteiger partial charge < -0.3 is 9.47 Å². The van der Waals surface area contributed by atoms with Gasteiger partial charge in [0.1, 0.15) is 11.4 Å². The smallest absolute Gasteiger partial charge is 0.330 e. The van der Waals surface area contributed by atoms with Gasteiger partial charge in [-0.15, -0.1) is 0 Å². The second-order valence-corrected chi connectivity index (χ2v) is 8.12. The maximum absolute atomic E-state index is 12.9. The van der Waals surface area contributed by atoms with Crippen molar-refractivity contribution in [3.63, 3.8) is 0 Å². The van der Waals surface area contributed by atoms with Crippen LogP contribution in [0.5, 0.6) is 5.75 Å². The predicted molar refractivity (Wildman–Crippen MR) is 115 cm³/mol. The number of fused-ring (bicyclic) bond motifs is 1. The van der Waals surface area contributed by atoms with Crippen molar-refractivity contribution in [2.24, 2.45) is 0 Å². The van der Waals surface area contributed by atoms with Gasteiger partial charge in [-0.25, -0.2) is 4.79 Å². The summed E-state index contributed by atoms with van der Waals surface area (Å²) in [7, 11) is 1.34. The van der Waals surface area contributed by atoms with Crippen LogP contribution in [0.25, 0.3) is 6.08 Å². The van der Waals surface area contributed by atoms with E-state index in [2.05, 4.69) is 40.8 Å². The summed E-state index contributed by atoms with van der Waals surface area (Å²) < 4.78 is 11.0. The maximum Gasteiger partial charge on any atom is 0.330 e. The van der Waals surface area contributed by atoms with Crippen molar-refractivity contribution >= 4 is 17.8 Å². The van der Waals surface area contributed by atoms with Gasteiger partial charge in [-0.2, -0.15) is 0 Å². The zero-order valence-electron chi connectivity index (χ0n) is 17.5. The summed E-state index contributed by atoms with van der Waals surface area (Å²) in [6.45, 7) is 4.04. The number of hydrogen-bond donors (Lipinski definition) is 0. The van der Waals surface area contributed by atoms with E-state index in [1.165, 1.54) is 18.7 Å². The fourth-order valence-corrected chi connectivity index (χ4v) is 4.39. The molecule has 0 N–H and O–H groups in total. The van der Waals surface area contributed by atoms with Crippen LogP contribution in [-0.4, -0.2) is 42.5 Å². The summed E-state index contributed by atoms with van der Waals surface area (Å²) in [6, 6.07) is 16.3. The molecule has 2 aliphatic heterocycles. The molecule has 0 saturated carbocycles. The lowest BCUT2D eigenvalue weighted by atomic mass is 9.81. The number of hydrogen-bond acceptors (Lipinski definition) is 5. The van der Waals surface area contributed by atoms with Crippen molar-refractivity contribution in [1.29, 1.82) is 0 Å². The fraction of sp³-hybridized carbons (Fsp3) is 0.360. The van der Waals surface area contributed by atoms with Crippen LogP contribution in [0.4, 0.5) is 0 Å². The Morgan fingerprint density at radius 1 is 1.17 bits per heavy atom. The molecule has 1 spiro atoms. The van der Waals surface area contributed by atoms with E-state index in [0.717, 1.165) is 31.5 Å². The van der Waals surface area contributed by atoms with Gasteiger partial charge in [0.25, 0.3) is 0 Å². The Labute approximate surface area is 177 Å². The molecule has 2 aromatic rings. The topological polar surface area (TPSA) is 55.8 Å². The number of nitrogens with zero attached hydrogens (tertiary/aromatic N) is 1. The lowest BCUT2D eigenvalue weighted by Gasteiger charge is -2.45. The number of benzene rings is 2. The van der Waals surface area contributed by atoms with E-state index in [1.54, 1.807) is 12.1 Å². The number of ether oxygens (including phenoxy) is 2. The van der Waals surface area contributed by atoms with Crippen LogP contribution < -0.4 is 4.74 Å². The van der Waals surface area contributed by atoms with Gasteiger partial charge in [0.2, 0.25) is 0 Å². The van der Waals surface area contributed by atoms with Crippen molar-refractivity contribution in [3.8, 4) is 5.75 Å². The molecule has 5 heteroatoms. The highest BCUT2D eigenvalue weighted by molar-refractivity contribution is 6.01. The van der Waals surface area contributed by atoms with Crippen LogP contribution in [0.1, 0.15) is 53.7 Å². The summed E-state index contributed by atoms with van der Waals surface area (Å²) in [6.07, 6.45) is 5.06. The van der Waals surface area contributed by atoms with Gasteiger partial charge in [-0.3, -0.25) is 9.69 Å². The molecule has 2 aromatic carbocycles. The third-order valence-corrected chi connectivity index (χ3v) is 6.27. The first-order chi connectivity index (χ1) is 14.5. The molecule has 4 rings (SSSR count). The number of likely N-dealkylation sites (tertiary alicyclic amines) is 1. The van der Waals surface area contributed by atoms with Crippen LogP contribution in [0.15, 0.2) is 54.6 Å². The molecule has 1 saturated heterocycles. The SMILES string of the molecule is COC(=O)C=Cc1ccc2c(c1)C(=O)CC1(CCN(C(C)c3ccccc3)CC1)O2. The number of carbonyl (C=O) groups excluding carboxylic acids is 2. The average molecular weight is 405 g/mol. The third-order valence-electron chi connectivity index (χ3n) is 6.27. The van der Waals surface area contributed by atoms with Crippen LogP contribution in [0.2, 0.25) is 0 Å². The third kappa shape index (κ3) is 4.17. The van der Waals surface area contributed by atoms with Crippen LogP contribution in [0, 0.1) is 0 Å². The molecule has 1 unspecified atom stereocenters. The van der Waals surface area contributed by atoms with E-state index >= 15 is 0 Å². The van der Waals surface area contributed by atoms with Crippen LogP contribution >= 0.6 is 0 Å². The summed E-state index contributed by atoms with van der Waals surface area (Å²) >= 11 is 0. The molecule has 1 fully saturated rings. The Bertz CT molecular complexity index is 958. The van der Waals surface area contributed by atoms with E-state index in [9.17, 15) is 9.59 Å². The number of piperidine rings is 1. The number of carbonyl (C=O) groups is 2. The minimum absolute atomic E-state index is 0.106. The second kappa shape index (κ2) is 8.44. The lowest BCUT2D eigenvalue weighted by Crippen LogP contribution is -2.51. The monoisotopic (exact) mass is 405 g/mol. The zero-order valence-corrected chi connectivity index (χ0v) is 17.5. The number of ketones is 1. The minimum Gasteiger partial charge on any atom is -0.486 e.